The molecule has 0 unspecified atom stereocenters. The molecule has 4 aromatic carbocycles. The van der Waals surface area contributed by atoms with Crippen LogP contribution in [0.25, 0.3) is 43.7 Å². The largest absolute Gasteiger partial charge is 0.494 e. The molecule has 0 amide bonds. The van der Waals surface area contributed by atoms with E-state index in [0.717, 1.165) is 27.6 Å². The van der Waals surface area contributed by atoms with E-state index in [1.807, 2.05) is 18.2 Å². The number of para-hydroxylation sites is 1. The van der Waals surface area contributed by atoms with Gasteiger partial charge in [-0.05, 0) is 34.5 Å². The van der Waals surface area contributed by atoms with Crippen LogP contribution < -0.4 is 4.74 Å². The van der Waals surface area contributed by atoms with E-state index in [1.165, 1.54) is 21.9 Å². The zero-order valence-corrected chi connectivity index (χ0v) is 14.4. The average Bonchev–Trinajstić information content (AvgIpc) is 2.70. The Bertz CT molecular complexity index is 1260. The maximum atomic E-state index is 5.59. The summed E-state index contributed by atoms with van der Waals surface area (Å²) in [6.07, 6.45) is 0. The van der Waals surface area contributed by atoms with Gasteiger partial charge < -0.3 is 4.74 Å². The Morgan fingerprint density at radius 1 is 0.692 bits per heavy atom. The van der Waals surface area contributed by atoms with Crippen LogP contribution in [-0.2, 0) is 0 Å². The van der Waals surface area contributed by atoms with Crippen molar-refractivity contribution in [1.82, 2.24) is 4.98 Å². The number of benzene rings is 4. The third-order valence-corrected chi connectivity index (χ3v) is 4.92. The molecule has 0 aliphatic carbocycles. The van der Waals surface area contributed by atoms with Crippen molar-refractivity contribution >= 4 is 32.6 Å². The van der Waals surface area contributed by atoms with Crippen LogP contribution in [0.3, 0.4) is 0 Å². The van der Waals surface area contributed by atoms with E-state index in [4.69, 9.17) is 9.72 Å². The summed E-state index contributed by atoms with van der Waals surface area (Å²) in [5.74, 6) is 0.801. The number of hydrogen-bond donors (Lipinski definition) is 0. The minimum Gasteiger partial charge on any atom is -0.494 e. The first kappa shape index (κ1) is 14.9. The zero-order valence-electron chi connectivity index (χ0n) is 14.4. The van der Waals surface area contributed by atoms with Crippen LogP contribution in [0.2, 0.25) is 0 Å². The Hall–Kier alpha value is -3.39. The molecule has 0 saturated carbocycles. The molecule has 1 heterocycles. The highest BCUT2D eigenvalue weighted by molar-refractivity contribution is 6.13. The fraction of sp³-hybridized carbons (Fsp3) is 0.0417. The molecule has 124 valence electrons. The predicted molar refractivity (Wildman–Crippen MR) is 109 cm³/mol. The van der Waals surface area contributed by atoms with Gasteiger partial charge in [0, 0.05) is 16.3 Å². The molecule has 0 bridgehead atoms. The van der Waals surface area contributed by atoms with Gasteiger partial charge in [-0.1, -0.05) is 66.7 Å². The second-order valence-corrected chi connectivity index (χ2v) is 6.43. The maximum Gasteiger partial charge on any atom is 0.145 e. The number of methoxy groups -OCH3 is 1. The highest BCUT2D eigenvalue weighted by atomic mass is 16.5. The average molecular weight is 335 g/mol. The predicted octanol–water partition coefficient (Wildman–Crippen LogP) is 6.22. The summed E-state index contributed by atoms with van der Waals surface area (Å²) in [6.45, 7) is 0. The van der Waals surface area contributed by atoms with Gasteiger partial charge in [-0.2, -0.15) is 0 Å². The minimum atomic E-state index is 0.801. The Labute approximate surface area is 151 Å². The fourth-order valence-electron chi connectivity index (χ4n) is 3.71. The first-order chi connectivity index (χ1) is 12.8. The van der Waals surface area contributed by atoms with Crippen molar-refractivity contribution < 1.29 is 4.74 Å². The number of ether oxygens (including phenoxy) is 1. The number of pyridine rings is 1. The van der Waals surface area contributed by atoms with E-state index in [-0.39, 0.29) is 0 Å². The summed E-state index contributed by atoms with van der Waals surface area (Å²) in [7, 11) is 1.70. The summed E-state index contributed by atoms with van der Waals surface area (Å²) >= 11 is 0. The van der Waals surface area contributed by atoms with E-state index in [0.29, 0.717) is 0 Å². The van der Waals surface area contributed by atoms with Crippen LogP contribution in [0.5, 0.6) is 5.75 Å². The minimum absolute atomic E-state index is 0.801. The van der Waals surface area contributed by atoms with Crippen molar-refractivity contribution in [2.45, 2.75) is 0 Å². The number of nitrogens with zero attached hydrogens (tertiary/aromatic N) is 1. The van der Waals surface area contributed by atoms with E-state index in [1.54, 1.807) is 7.11 Å². The molecule has 1 aromatic heterocycles. The first-order valence-corrected chi connectivity index (χ1v) is 8.70. The van der Waals surface area contributed by atoms with Crippen LogP contribution in [0.4, 0.5) is 0 Å². The Kier molecular flexibility index (Phi) is 3.36. The van der Waals surface area contributed by atoms with Gasteiger partial charge in [0.2, 0.25) is 0 Å². The lowest BCUT2D eigenvalue weighted by atomic mass is 9.94. The molecule has 2 heteroatoms. The monoisotopic (exact) mass is 335 g/mol. The standard InChI is InChI=1S/C24H17NO/c1-26-22-13-7-12-19-23(16-8-3-2-4-9-16)20-14-17-10-5-6-11-18(17)15-21(20)25-24(19)22/h2-15H,1H3. The lowest BCUT2D eigenvalue weighted by molar-refractivity contribution is 0.419. The van der Waals surface area contributed by atoms with Crippen LogP contribution in [0.15, 0.2) is 84.9 Å². The summed E-state index contributed by atoms with van der Waals surface area (Å²) in [5, 5.41) is 4.69. The van der Waals surface area contributed by atoms with Crippen molar-refractivity contribution in [3.05, 3.63) is 84.9 Å². The highest BCUT2D eigenvalue weighted by Gasteiger charge is 2.14. The highest BCUT2D eigenvalue weighted by Crippen LogP contribution is 2.39. The number of aromatic nitrogens is 1. The third kappa shape index (κ3) is 2.23. The maximum absolute atomic E-state index is 5.59. The second kappa shape index (κ2) is 5.85. The molecule has 0 aliphatic rings. The van der Waals surface area contributed by atoms with Crippen molar-refractivity contribution in [2.75, 3.05) is 7.11 Å². The van der Waals surface area contributed by atoms with Gasteiger partial charge in [-0.25, -0.2) is 4.98 Å². The van der Waals surface area contributed by atoms with E-state index < -0.39 is 0 Å². The molecule has 26 heavy (non-hydrogen) atoms. The lowest BCUT2D eigenvalue weighted by Gasteiger charge is -2.14. The molecular weight excluding hydrogens is 318 g/mol. The van der Waals surface area contributed by atoms with Gasteiger partial charge in [0.05, 0.1) is 12.6 Å². The van der Waals surface area contributed by atoms with Gasteiger partial charge in [-0.3, -0.25) is 0 Å². The summed E-state index contributed by atoms with van der Waals surface area (Å²) in [4.78, 5) is 4.96. The Morgan fingerprint density at radius 2 is 1.42 bits per heavy atom. The molecule has 0 radical (unpaired) electrons. The fourth-order valence-corrected chi connectivity index (χ4v) is 3.71. The normalized spacial score (nSPS) is 11.3. The smallest absolute Gasteiger partial charge is 0.145 e. The molecule has 0 saturated heterocycles. The van der Waals surface area contributed by atoms with Crippen LogP contribution >= 0.6 is 0 Å². The zero-order chi connectivity index (χ0) is 17.5. The van der Waals surface area contributed by atoms with E-state index >= 15 is 0 Å². The Morgan fingerprint density at radius 3 is 2.19 bits per heavy atom. The van der Waals surface area contributed by atoms with Crippen molar-refractivity contribution in [1.29, 1.82) is 0 Å². The summed E-state index contributed by atoms with van der Waals surface area (Å²) < 4.78 is 5.59. The van der Waals surface area contributed by atoms with Gasteiger partial charge in [0.15, 0.2) is 0 Å². The SMILES string of the molecule is COc1cccc2c(-c3ccccc3)c3cc4ccccc4cc3nc12. The van der Waals surface area contributed by atoms with E-state index in [9.17, 15) is 0 Å². The molecule has 0 fully saturated rings. The molecule has 0 atom stereocenters. The van der Waals surface area contributed by atoms with Gasteiger partial charge >= 0.3 is 0 Å². The quantitative estimate of drug-likeness (QED) is 0.357. The Balaban J connectivity index is 2.03. The molecule has 5 aromatic rings. The molecule has 0 aliphatic heterocycles. The number of hydrogen-bond acceptors (Lipinski definition) is 2. The molecule has 0 N–H and O–H groups in total. The van der Waals surface area contributed by atoms with Gasteiger partial charge in [0.25, 0.3) is 0 Å². The van der Waals surface area contributed by atoms with Gasteiger partial charge in [-0.15, -0.1) is 0 Å². The summed E-state index contributed by atoms with van der Waals surface area (Å²) in [5.41, 5.74) is 4.28. The number of rotatable bonds is 2. The third-order valence-electron chi connectivity index (χ3n) is 4.92. The second-order valence-electron chi connectivity index (χ2n) is 6.43. The van der Waals surface area contributed by atoms with E-state index in [2.05, 4.69) is 66.7 Å². The topological polar surface area (TPSA) is 22.1 Å². The molecular formula is C24H17NO. The molecule has 2 nitrogen and oxygen atoms in total. The number of fused-ring (bicyclic) bond motifs is 3. The van der Waals surface area contributed by atoms with Crippen LogP contribution in [0, 0.1) is 0 Å². The first-order valence-electron chi connectivity index (χ1n) is 8.70. The molecule has 5 rings (SSSR count). The molecule has 0 spiro atoms. The lowest BCUT2D eigenvalue weighted by Crippen LogP contribution is -1.93. The van der Waals surface area contributed by atoms with Crippen molar-refractivity contribution in [3.8, 4) is 16.9 Å². The van der Waals surface area contributed by atoms with Gasteiger partial charge in [0.1, 0.15) is 11.3 Å². The van der Waals surface area contributed by atoms with Crippen LogP contribution in [0.1, 0.15) is 0 Å². The van der Waals surface area contributed by atoms with Crippen molar-refractivity contribution in [2.24, 2.45) is 0 Å². The van der Waals surface area contributed by atoms with Crippen molar-refractivity contribution in [3.63, 3.8) is 0 Å². The summed E-state index contributed by atoms with van der Waals surface area (Å²) in [6, 6.07) is 29.5. The van der Waals surface area contributed by atoms with Crippen LogP contribution in [-0.4, -0.2) is 12.1 Å².